The number of benzene rings is 1. The molecule has 0 aromatic heterocycles. The van der Waals surface area contributed by atoms with Gasteiger partial charge < -0.3 is 9.84 Å². The molecule has 3 rings (SSSR count). The first-order valence-corrected chi connectivity index (χ1v) is 10.2. The highest BCUT2D eigenvalue weighted by atomic mass is 16.5. The van der Waals surface area contributed by atoms with Gasteiger partial charge in [0.2, 0.25) is 5.91 Å². The van der Waals surface area contributed by atoms with Crippen LogP contribution in [-0.4, -0.2) is 70.2 Å². The minimum Gasteiger partial charge on any atom is -0.480 e. The number of hydrogen-bond donors (Lipinski definition) is 2. The molecule has 1 aromatic rings. The van der Waals surface area contributed by atoms with Crippen LogP contribution >= 0.6 is 0 Å². The molecule has 0 saturated carbocycles. The molecular weight excluding hydrogens is 390 g/mol. The number of aliphatic carboxylic acids is 1. The zero-order valence-corrected chi connectivity index (χ0v) is 17.0. The van der Waals surface area contributed by atoms with E-state index in [1.807, 2.05) is 30.3 Å². The van der Waals surface area contributed by atoms with Gasteiger partial charge in [0.25, 0.3) is 5.91 Å². The number of rotatable bonds is 8. The number of carboxylic acid groups (broad SMARTS) is 1. The van der Waals surface area contributed by atoms with Crippen LogP contribution in [0, 0.1) is 0 Å². The summed E-state index contributed by atoms with van der Waals surface area (Å²) in [5.41, 5.74) is 1.03. The van der Waals surface area contributed by atoms with Crippen LogP contribution in [0.5, 0.6) is 0 Å². The molecule has 2 saturated heterocycles. The van der Waals surface area contributed by atoms with Gasteiger partial charge in [-0.05, 0) is 38.2 Å². The van der Waals surface area contributed by atoms with Gasteiger partial charge in [-0.2, -0.15) is 0 Å². The molecule has 30 heavy (non-hydrogen) atoms. The summed E-state index contributed by atoms with van der Waals surface area (Å²) in [6, 6.07) is 6.77. The van der Waals surface area contributed by atoms with E-state index in [-0.39, 0.29) is 25.4 Å². The predicted molar refractivity (Wildman–Crippen MR) is 106 cm³/mol. The van der Waals surface area contributed by atoms with Crippen molar-refractivity contribution in [2.45, 2.75) is 57.2 Å². The number of nitrogens with zero attached hydrogens (tertiary/aromatic N) is 2. The lowest BCUT2D eigenvalue weighted by Gasteiger charge is -2.47. The summed E-state index contributed by atoms with van der Waals surface area (Å²) in [5.74, 6) is -2.48. The number of carbonyl (C=O) groups excluding carboxylic acids is 3. The Labute approximate surface area is 174 Å². The molecule has 2 heterocycles. The molecule has 162 valence electrons. The standard InChI is InChI=1S/C21H27N3O6/c1-2-30-21(29)15(11-10-14-7-4-3-5-8-14)22-16-13-18(25)23-12-6-9-17(20(27)28)24(23)19(16)26/h3-5,7-8,15-17,22H,2,6,9-13H2,1H3,(H,27,28)/t15?,16-,17?/m0/s1. The van der Waals surface area contributed by atoms with Gasteiger partial charge in [0, 0.05) is 6.54 Å². The Balaban J connectivity index is 1.75. The van der Waals surface area contributed by atoms with Gasteiger partial charge in [0.15, 0.2) is 6.04 Å². The molecule has 0 bridgehead atoms. The predicted octanol–water partition coefficient (Wildman–Crippen LogP) is 0.732. The quantitative estimate of drug-likeness (QED) is 0.599. The number of carboxylic acids is 1. The Bertz CT molecular complexity index is 793. The maximum absolute atomic E-state index is 13.1. The first-order valence-electron chi connectivity index (χ1n) is 10.2. The van der Waals surface area contributed by atoms with Crippen LogP contribution in [0.1, 0.15) is 38.2 Å². The second kappa shape index (κ2) is 9.71. The molecule has 2 aliphatic rings. The first kappa shape index (κ1) is 21.8. The van der Waals surface area contributed by atoms with Crippen molar-refractivity contribution < 1.29 is 29.0 Å². The van der Waals surface area contributed by atoms with Gasteiger partial charge in [-0.1, -0.05) is 30.3 Å². The lowest BCUT2D eigenvalue weighted by Crippen LogP contribution is -2.69. The number of hydrazine groups is 1. The summed E-state index contributed by atoms with van der Waals surface area (Å²) in [7, 11) is 0. The normalized spacial score (nSPS) is 22.4. The van der Waals surface area contributed by atoms with E-state index in [0.717, 1.165) is 10.6 Å². The van der Waals surface area contributed by atoms with Gasteiger partial charge in [0.05, 0.1) is 19.1 Å². The molecular formula is C21H27N3O6. The third-order valence-corrected chi connectivity index (χ3v) is 5.42. The first-order chi connectivity index (χ1) is 14.4. The highest BCUT2D eigenvalue weighted by Gasteiger charge is 2.47. The van der Waals surface area contributed by atoms with Crippen molar-refractivity contribution in [3.63, 3.8) is 0 Å². The van der Waals surface area contributed by atoms with E-state index in [4.69, 9.17) is 4.74 Å². The summed E-state index contributed by atoms with van der Waals surface area (Å²) >= 11 is 0. The molecule has 2 N–H and O–H groups in total. The van der Waals surface area contributed by atoms with Crippen molar-refractivity contribution in [2.24, 2.45) is 0 Å². The number of ether oxygens (including phenoxy) is 1. The zero-order chi connectivity index (χ0) is 21.7. The van der Waals surface area contributed by atoms with E-state index in [0.29, 0.717) is 25.8 Å². The number of carbonyl (C=O) groups is 4. The van der Waals surface area contributed by atoms with Gasteiger partial charge in [-0.15, -0.1) is 0 Å². The third-order valence-electron chi connectivity index (χ3n) is 5.42. The van der Waals surface area contributed by atoms with Gasteiger partial charge in [0.1, 0.15) is 6.04 Å². The summed E-state index contributed by atoms with van der Waals surface area (Å²) in [4.78, 5) is 49.8. The van der Waals surface area contributed by atoms with Crippen LogP contribution in [0.25, 0.3) is 0 Å². The summed E-state index contributed by atoms with van der Waals surface area (Å²) in [6.07, 6.45) is 1.65. The minimum absolute atomic E-state index is 0.122. The maximum atomic E-state index is 13.1. The smallest absolute Gasteiger partial charge is 0.328 e. The van der Waals surface area contributed by atoms with Crippen molar-refractivity contribution in [3.8, 4) is 0 Å². The molecule has 2 fully saturated rings. The molecule has 1 aromatic carbocycles. The topological polar surface area (TPSA) is 116 Å². The van der Waals surface area contributed by atoms with Crippen LogP contribution in [0.3, 0.4) is 0 Å². The number of amides is 2. The molecule has 0 spiro atoms. The van der Waals surface area contributed by atoms with E-state index in [2.05, 4.69) is 5.32 Å². The second-order valence-electron chi connectivity index (χ2n) is 7.45. The highest BCUT2D eigenvalue weighted by Crippen LogP contribution is 2.25. The van der Waals surface area contributed by atoms with Crippen molar-refractivity contribution in [2.75, 3.05) is 13.2 Å². The maximum Gasteiger partial charge on any atom is 0.328 e. The number of esters is 1. The molecule has 2 unspecified atom stereocenters. The highest BCUT2D eigenvalue weighted by molar-refractivity contribution is 5.96. The van der Waals surface area contributed by atoms with Crippen LogP contribution < -0.4 is 5.32 Å². The van der Waals surface area contributed by atoms with Gasteiger partial charge >= 0.3 is 11.9 Å². The van der Waals surface area contributed by atoms with Crippen molar-refractivity contribution in [1.29, 1.82) is 0 Å². The summed E-state index contributed by atoms with van der Waals surface area (Å²) in [6.45, 7) is 2.21. The van der Waals surface area contributed by atoms with Crippen molar-refractivity contribution in [1.82, 2.24) is 15.3 Å². The third kappa shape index (κ3) is 4.79. The monoisotopic (exact) mass is 417 g/mol. The Kier molecular flexibility index (Phi) is 7.04. The van der Waals surface area contributed by atoms with Crippen LogP contribution in [-0.2, 0) is 30.3 Å². The summed E-state index contributed by atoms with van der Waals surface area (Å²) in [5, 5.41) is 14.7. The van der Waals surface area contributed by atoms with E-state index in [9.17, 15) is 24.3 Å². The fourth-order valence-corrected chi connectivity index (χ4v) is 3.95. The molecule has 2 aliphatic heterocycles. The minimum atomic E-state index is -1.15. The largest absolute Gasteiger partial charge is 0.480 e. The lowest BCUT2D eigenvalue weighted by atomic mass is 9.99. The van der Waals surface area contributed by atoms with Crippen molar-refractivity contribution in [3.05, 3.63) is 35.9 Å². The van der Waals surface area contributed by atoms with Gasteiger partial charge in [-0.25, -0.2) is 9.80 Å². The average molecular weight is 417 g/mol. The second-order valence-corrected chi connectivity index (χ2v) is 7.45. The number of hydrogen-bond acceptors (Lipinski definition) is 6. The molecule has 0 radical (unpaired) electrons. The molecule has 9 nitrogen and oxygen atoms in total. The number of nitrogens with one attached hydrogen (secondary N) is 1. The molecule has 3 atom stereocenters. The number of aryl methyl sites for hydroxylation is 1. The Morgan fingerprint density at radius 1 is 1.27 bits per heavy atom. The van der Waals surface area contributed by atoms with Gasteiger partial charge in [-0.3, -0.25) is 24.7 Å². The fourth-order valence-electron chi connectivity index (χ4n) is 3.95. The zero-order valence-electron chi connectivity index (χ0n) is 17.0. The van der Waals surface area contributed by atoms with E-state index < -0.39 is 36.0 Å². The number of fused-ring (bicyclic) bond motifs is 1. The SMILES string of the molecule is CCOC(=O)C(CCc1ccccc1)N[C@H]1CC(=O)N2CCCC(C(=O)O)N2C1=O. The van der Waals surface area contributed by atoms with Crippen LogP contribution in [0.2, 0.25) is 0 Å². The molecule has 2 amide bonds. The Hall–Kier alpha value is -2.94. The van der Waals surface area contributed by atoms with Crippen molar-refractivity contribution >= 4 is 23.8 Å². The van der Waals surface area contributed by atoms with Crippen LogP contribution in [0.15, 0.2) is 30.3 Å². The van der Waals surface area contributed by atoms with E-state index >= 15 is 0 Å². The Morgan fingerprint density at radius 3 is 2.67 bits per heavy atom. The van der Waals surface area contributed by atoms with E-state index in [1.165, 1.54) is 5.01 Å². The van der Waals surface area contributed by atoms with Crippen LogP contribution in [0.4, 0.5) is 0 Å². The Morgan fingerprint density at radius 2 is 2.00 bits per heavy atom. The van der Waals surface area contributed by atoms with E-state index in [1.54, 1.807) is 6.92 Å². The lowest BCUT2D eigenvalue weighted by molar-refractivity contribution is -0.190. The average Bonchev–Trinajstić information content (AvgIpc) is 2.74. The molecule has 9 heteroatoms. The fraction of sp³-hybridized carbons (Fsp3) is 0.524. The molecule has 0 aliphatic carbocycles. The summed E-state index contributed by atoms with van der Waals surface area (Å²) < 4.78 is 5.15.